The van der Waals surface area contributed by atoms with Gasteiger partial charge >= 0.3 is 0 Å². The maximum atomic E-state index is 13.0. The Balaban J connectivity index is 1.91. The van der Waals surface area contributed by atoms with Crippen molar-refractivity contribution in [3.05, 3.63) is 70.5 Å². The molecule has 0 fully saturated rings. The lowest BCUT2D eigenvalue weighted by Gasteiger charge is -2.22. The fourth-order valence-electron chi connectivity index (χ4n) is 2.67. The number of carbonyl (C=O) groups is 1. The number of benzene rings is 1. The number of hydrogen-bond acceptors (Lipinski definition) is 5. The minimum absolute atomic E-state index is 0.140. The number of aromatic nitrogens is 3. The Hall–Kier alpha value is -3.06. The number of rotatable bonds is 6. The van der Waals surface area contributed by atoms with Gasteiger partial charge in [0, 0.05) is 32.5 Å². The normalized spacial score (nSPS) is 10.8. The zero-order valence-corrected chi connectivity index (χ0v) is 14.8. The molecule has 2 heterocycles. The van der Waals surface area contributed by atoms with Crippen molar-refractivity contribution in [2.45, 2.75) is 6.54 Å². The minimum Gasteiger partial charge on any atom is -0.383 e. The monoisotopic (exact) mass is 352 g/mol. The third-order valence-electron chi connectivity index (χ3n) is 4.10. The van der Waals surface area contributed by atoms with E-state index in [1.54, 1.807) is 43.5 Å². The summed E-state index contributed by atoms with van der Waals surface area (Å²) in [5, 5.41) is 0.486. The SMILES string of the molecule is COCCN(Cc1ccccn1)C(=O)c1ccc2c(=O)n(C)cnc2c1. The molecule has 1 aromatic carbocycles. The molecule has 2 aromatic heterocycles. The Bertz CT molecular complexity index is 969. The summed E-state index contributed by atoms with van der Waals surface area (Å²) in [6, 6.07) is 10.5. The lowest BCUT2D eigenvalue weighted by atomic mass is 10.1. The van der Waals surface area contributed by atoms with Gasteiger partial charge < -0.3 is 14.2 Å². The van der Waals surface area contributed by atoms with Crippen molar-refractivity contribution in [3.63, 3.8) is 0 Å². The van der Waals surface area contributed by atoms with Crippen LogP contribution < -0.4 is 5.56 Å². The molecule has 134 valence electrons. The molecule has 0 saturated heterocycles. The highest BCUT2D eigenvalue weighted by molar-refractivity contribution is 5.97. The number of carbonyl (C=O) groups excluding carboxylic acids is 1. The molecule has 0 saturated carbocycles. The van der Waals surface area contributed by atoms with Crippen LogP contribution in [0.1, 0.15) is 16.1 Å². The molecule has 1 amide bonds. The fraction of sp³-hybridized carbons (Fsp3) is 0.263. The second kappa shape index (κ2) is 7.88. The standard InChI is InChI=1S/C19H20N4O3/c1-22-13-21-17-11-14(6-7-16(17)19(22)25)18(24)23(9-10-26-2)12-15-5-3-4-8-20-15/h3-8,11,13H,9-10,12H2,1-2H3. The van der Waals surface area contributed by atoms with Crippen LogP contribution in [0.5, 0.6) is 0 Å². The zero-order valence-electron chi connectivity index (χ0n) is 14.8. The van der Waals surface area contributed by atoms with Gasteiger partial charge in [-0.25, -0.2) is 4.98 Å². The molecule has 0 N–H and O–H groups in total. The molecule has 0 aliphatic heterocycles. The van der Waals surface area contributed by atoms with E-state index in [0.717, 1.165) is 5.69 Å². The summed E-state index contributed by atoms with van der Waals surface area (Å²) in [6.07, 6.45) is 3.15. The van der Waals surface area contributed by atoms with Gasteiger partial charge in [0.2, 0.25) is 0 Å². The molecule has 0 unspecified atom stereocenters. The van der Waals surface area contributed by atoms with Crippen molar-refractivity contribution in [3.8, 4) is 0 Å². The third-order valence-corrected chi connectivity index (χ3v) is 4.10. The van der Waals surface area contributed by atoms with E-state index in [-0.39, 0.29) is 11.5 Å². The first-order valence-corrected chi connectivity index (χ1v) is 8.23. The van der Waals surface area contributed by atoms with Crippen LogP contribution in [-0.4, -0.2) is 45.6 Å². The summed E-state index contributed by atoms with van der Waals surface area (Å²) in [5.41, 5.74) is 1.64. The van der Waals surface area contributed by atoms with Crippen LogP contribution in [0.3, 0.4) is 0 Å². The van der Waals surface area contributed by atoms with Gasteiger partial charge in [-0.1, -0.05) is 6.07 Å². The van der Waals surface area contributed by atoms with E-state index < -0.39 is 0 Å². The number of fused-ring (bicyclic) bond motifs is 1. The number of pyridine rings is 1. The van der Waals surface area contributed by atoms with Crippen molar-refractivity contribution in [1.82, 2.24) is 19.4 Å². The minimum atomic E-state index is -0.155. The van der Waals surface area contributed by atoms with Gasteiger partial charge in [0.25, 0.3) is 11.5 Å². The molecule has 0 atom stereocenters. The molecule has 0 aliphatic rings. The van der Waals surface area contributed by atoms with Gasteiger partial charge in [0.05, 0.1) is 36.1 Å². The molecular formula is C19H20N4O3. The average Bonchev–Trinajstić information content (AvgIpc) is 2.68. The van der Waals surface area contributed by atoms with Crippen LogP contribution in [0, 0.1) is 0 Å². The number of aryl methyl sites for hydroxylation is 1. The summed E-state index contributed by atoms with van der Waals surface area (Å²) < 4.78 is 6.54. The highest BCUT2D eigenvalue weighted by atomic mass is 16.5. The maximum Gasteiger partial charge on any atom is 0.260 e. The molecule has 0 radical (unpaired) electrons. The Kier molecular flexibility index (Phi) is 5.38. The summed E-state index contributed by atoms with van der Waals surface area (Å²) >= 11 is 0. The second-order valence-electron chi connectivity index (χ2n) is 5.93. The van der Waals surface area contributed by atoms with E-state index in [9.17, 15) is 9.59 Å². The highest BCUT2D eigenvalue weighted by Gasteiger charge is 2.17. The summed E-state index contributed by atoms with van der Waals surface area (Å²) in [6.45, 7) is 1.24. The van der Waals surface area contributed by atoms with Crippen molar-refractivity contribution in [1.29, 1.82) is 0 Å². The lowest BCUT2D eigenvalue weighted by molar-refractivity contribution is 0.0678. The number of amides is 1. The van der Waals surface area contributed by atoms with E-state index in [1.165, 1.54) is 10.9 Å². The Morgan fingerprint density at radius 2 is 2.08 bits per heavy atom. The van der Waals surface area contributed by atoms with Crippen molar-refractivity contribution in [2.75, 3.05) is 20.3 Å². The van der Waals surface area contributed by atoms with E-state index in [0.29, 0.717) is 36.2 Å². The first-order valence-electron chi connectivity index (χ1n) is 8.23. The quantitative estimate of drug-likeness (QED) is 0.674. The van der Waals surface area contributed by atoms with Crippen molar-refractivity contribution in [2.24, 2.45) is 7.05 Å². The average molecular weight is 352 g/mol. The summed E-state index contributed by atoms with van der Waals surface area (Å²) in [5.74, 6) is -0.155. The van der Waals surface area contributed by atoms with E-state index in [2.05, 4.69) is 9.97 Å². The lowest BCUT2D eigenvalue weighted by Crippen LogP contribution is -2.33. The van der Waals surface area contributed by atoms with Crippen LogP contribution in [0.2, 0.25) is 0 Å². The van der Waals surface area contributed by atoms with Crippen molar-refractivity contribution >= 4 is 16.8 Å². The van der Waals surface area contributed by atoms with Crippen molar-refractivity contribution < 1.29 is 9.53 Å². The molecule has 0 bridgehead atoms. The first kappa shape index (κ1) is 17.8. The molecular weight excluding hydrogens is 332 g/mol. The van der Waals surface area contributed by atoms with Gasteiger partial charge in [-0.15, -0.1) is 0 Å². The predicted molar refractivity (Wildman–Crippen MR) is 97.8 cm³/mol. The maximum absolute atomic E-state index is 13.0. The molecule has 0 spiro atoms. The summed E-state index contributed by atoms with van der Waals surface area (Å²) in [7, 11) is 3.24. The fourth-order valence-corrected chi connectivity index (χ4v) is 2.67. The third kappa shape index (κ3) is 3.78. The van der Waals surface area contributed by atoms with Crippen LogP contribution in [0.25, 0.3) is 10.9 Å². The van der Waals surface area contributed by atoms with E-state index in [4.69, 9.17) is 4.74 Å². The number of methoxy groups -OCH3 is 1. The molecule has 3 rings (SSSR count). The van der Waals surface area contributed by atoms with Gasteiger partial charge in [-0.2, -0.15) is 0 Å². The number of nitrogens with zero attached hydrogens (tertiary/aromatic N) is 4. The first-order chi connectivity index (χ1) is 12.6. The Morgan fingerprint density at radius 3 is 2.81 bits per heavy atom. The Labute approximate surface area is 150 Å². The number of ether oxygens (including phenoxy) is 1. The van der Waals surface area contributed by atoms with Crippen LogP contribution in [-0.2, 0) is 18.3 Å². The van der Waals surface area contributed by atoms with Gasteiger partial charge in [-0.05, 0) is 30.3 Å². The van der Waals surface area contributed by atoms with Gasteiger partial charge in [0.1, 0.15) is 0 Å². The highest BCUT2D eigenvalue weighted by Crippen LogP contribution is 2.14. The topological polar surface area (TPSA) is 77.3 Å². The second-order valence-corrected chi connectivity index (χ2v) is 5.93. The largest absolute Gasteiger partial charge is 0.383 e. The van der Waals surface area contributed by atoms with Gasteiger partial charge in [0.15, 0.2) is 0 Å². The zero-order chi connectivity index (χ0) is 18.5. The van der Waals surface area contributed by atoms with Crippen LogP contribution in [0.4, 0.5) is 0 Å². The molecule has 7 heteroatoms. The number of hydrogen-bond donors (Lipinski definition) is 0. The molecule has 7 nitrogen and oxygen atoms in total. The smallest absolute Gasteiger partial charge is 0.260 e. The Morgan fingerprint density at radius 1 is 1.23 bits per heavy atom. The molecule has 26 heavy (non-hydrogen) atoms. The van der Waals surface area contributed by atoms with E-state index >= 15 is 0 Å². The van der Waals surface area contributed by atoms with Gasteiger partial charge in [-0.3, -0.25) is 14.6 Å². The molecule has 3 aromatic rings. The molecule has 0 aliphatic carbocycles. The van der Waals surface area contributed by atoms with E-state index in [1.807, 2.05) is 18.2 Å². The van der Waals surface area contributed by atoms with Crippen LogP contribution in [0.15, 0.2) is 53.7 Å². The summed E-state index contributed by atoms with van der Waals surface area (Å²) in [4.78, 5) is 35.3. The van der Waals surface area contributed by atoms with Crippen LogP contribution >= 0.6 is 0 Å². The predicted octanol–water partition coefficient (Wildman–Crippen LogP) is 1.62.